The molecule has 5 rings (SSSR count). The highest BCUT2D eigenvalue weighted by molar-refractivity contribution is 7.80. The van der Waals surface area contributed by atoms with Gasteiger partial charge in [-0.25, -0.2) is 4.98 Å². The number of aryl methyl sites for hydroxylation is 1. The number of amides is 1. The minimum Gasteiger partial charge on any atom is -0.507 e. The smallest absolute Gasteiger partial charge is 0.257 e. The van der Waals surface area contributed by atoms with Crippen LogP contribution in [0, 0.1) is 6.92 Å². The van der Waals surface area contributed by atoms with Crippen molar-refractivity contribution in [3.8, 4) is 23.0 Å². The number of nitrogens with zero attached hydrogens (tertiary/aromatic N) is 1. The molecule has 0 saturated carbocycles. The standard InChI is InChI=1S/C29H23N3O4S/c1-18-7-14-24-26(15-18)36-28(31-24)23-13-10-21(16-25(23)33)30-29(37)32-27(34)20-8-11-22(12-9-20)35-17-19-5-3-2-4-6-19/h2-16,33H,17H2,1H3,(H2,30,32,34,37). The Balaban J connectivity index is 1.18. The van der Waals surface area contributed by atoms with Gasteiger partial charge >= 0.3 is 0 Å². The maximum absolute atomic E-state index is 12.6. The number of carbonyl (C=O) groups excluding carboxylic acids is 1. The first-order valence-corrected chi connectivity index (χ1v) is 12.0. The summed E-state index contributed by atoms with van der Waals surface area (Å²) in [5.41, 5.74) is 4.86. The molecule has 37 heavy (non-hydrogen) atoms. The van der Waals surface area contributed by atoms with Crippen molar-refractivity contribution in [2.45, 2.75) is 13.5 Å². The normalized spacial score (nSPS) is 10.7. The number of thiocarbonyl (C=S) groups is 1. The zero-order valence-electron chi connectivity index (χ0n) is 19.9. The van der Waals surface area contributed by atoms with Gasteiger partial charge in [-0.15, -0.1) is 0 Å². The highest BCUT2D eigenvalue weighted by atomic mass is 32.1. The van der Waals surface area contributed by atoms with Crippen molar-refractivity contribution in [2.24, 2.45) is 0 Å². The van der Waals surface area contributed by atoms with E-state index in [0.29, 0.717) is 46.2 Å². The van der Waals surface area contributed by atoms with Crippen molar-refractivity contribution in [1.82, 2.24) is 10.3 Å². The molecule has 0 spiro atoms. The number of phenolic OH excluding ortho intramolecular Hbond substituents is 1. The third-order valence-corrected chi connectivity index (χ3v) is 5.83. The average Bonchev–Trinajstić information content (AvgIpc) is 3.31. The van der Waals surface area contributed by atoms with Crippen LogP contribution in [0.1, 0.15) is 21.5 Å². The van der Waals surface area contributed by atoms with Gasteiger partial charge in [-0.3, -0.25) is 10.1 Å². The summed E-state index contributed by atoms with van der Waals surface area (Å²) in [4.78, 5) is 17.0. The van der Waals surface area contributed by atoms with E-state index in [4.69, 9.17) is 21.4 Å². The quantitative estimate of drug-likeness (QED) is 0.234. The maximum atomic E-state index is 12.6. The van der Waals surface area contributed by atoms with Crippen LogP contribution in [0.25, 0.3) is 22.6 Å². The van der Waals surface area contributed by atoms with Crippen molar-refractivity contribution in [2.75, 3.05) is 5.32 Å². The first-order chi connectivity index (χ1) is 17.9. The van der Waals surface area contributed by atoms with E-state index in [1.807, 2.05) is 55.5 Å². The van der Waals surface area contributed by atoms with E-state index in [9.17, 15) is 9.90 Å². The van der Waals surface area contributed by atoms with Gasteiger partial charge in [0.25, 0.3) is 5.91 Å². The topological polar surface area (TPSA) is 96.6 Å². The fourth-order valence-electron chi connectivity index (χ4n) is 3.72. The van der Waals surface area contributed by atoms with E-state index in [2.05, 4.69) is 15.6 Å². The lowest BCUT2D eigenvalue weighted by atomic mass is 10.2. The monoisotopic (exact) mass is 509 g/mol. The third kappa shape index (κ3) is 5.76. The minimum atomic E-state index is -0.366. The number of anilines is 1. The lowest BCUT2D eigenvalue weighted by Crippen LogP contribution is -2.34. The van der Waals surface area contributed by atoms with Gasteiger partial charge in [0.05, 0.1) is 5.56 Å². The molecule has 0 unspecified atom stereocenters. The first kappa shape index (κ1) is 24.0. The van der Waals surface area contributed by atoms with Crippen LogP contribution in [0.4, 0.5) is 5.69 Å². The number of aromatic nitrogens is 1. The van der Waals surface area contributed by atoms with Crippen LogP contribution in [0.15, 0.2) is 95.4 Å². The Morgan fingerprint density at radius 3 is 2.54 bits per heavy atom. The number of aromatic hydroxyl groups is 1. The number of ether oxygens (including phenoxy) is 1. The SMILES string of the molecule is Cc1ccc2nc(-c3ccc(NC(=S)NC(=O)c4ccc(OCc5ccccc5)cc4)cc3O)oc2c1. The van der Waals surface area contributed by atoms with Crippen LogP contribution in [0.3, 0.4) is 0 Å². The second kappa shape index (κ2) is 10.5. The summed E-state index contributed by atoms with van der Waals surface area (Å²) in [5.74, 6) is 0.575. The molecular formula is C29H23N3O4S. The van der Waals surface area contributed by atoms with Gasteiger partial charge in [0.2, 0.25) is 5.89 Å². The van der Waals surface area contributed by atoms with Crippen LogP contribution in [-0.4, -0.2) is 21.1 Å². The van der Waals surface area contributed by atoms with E-state index in [1.165, 1.54) is 6.07 Å². The summed E-state index contributed by atoms with van der Waals surface area (Å²) < 4.78 is 11.6. The molecule has 184 valence electrons. The predicted octanol–water partition coefficient (Wildman–Crippen LogP) is 6.21. The Morgan fingerprint density at radius 2 is 1.78 bits per heavy atom. The van der Waals surface area contributed by atoms with Gasteiger partial charge in [-0.1, -0.05) is 36.4 Å². The third-order valence-electron chi connectivity index (χ3n) is 5.62. The molecule has 1 aromatic heterocycles. The van der Waals surface area contributed by atoms with Gasteiger partial charge < -0.3 is 19.6 Å². The molecule has 8 heteroatoms. The number of rotatable bonds is 6. The molecule has 5 aromatic rings. The Hall–Kier alpha value is -4.69. The van der Waals surface area contributed by atoms with Gasteiger partial charge in [-0.2, -0.15) is 0 Å². The molecule has 0 aliphatic heterocycles. The molecule has 0 atom stereocenters. The number of carbonyl (C=O) groups is 1. The molecule has 0 aliphatic carbocycles. The lowest BCUT2D eigenvalue weighted by Gasteiger charge is -2.11. The summed E-state index contributed by atoms with van der Waals surface area (Å²) in [5, 5.41) is 16.2. The van der Waals surface area contributed by atoms with Gasteiger partial charge in [0.1, 0.15) is 23.6 Å². The van der Waals surface area contributed by atoms with Gasteiger partial charge in [0.15, 0.2) is 10.7 Å². The summed E-state index contributed by atoms with van der Waals surface area (Å²) in [6.45, 7) is 2.41. The highest BCUT2D eigenvalue weighted by Gasteiger charge is 2.14. The molecule has 7 nitrogen and oxygen atoms in total. The predicted molar refractivity (Wildman–Crippen MR) is 147 cm³/mol. The lowest BCUT2D eigenvalue weighted by molar-refractivity contribution is 0.0977. The van der Waals surface area contributed by atoms with E-state index in [1.54, 1.807) is 36.4 Å². The summed E-state index contributed by atoms with van der Waals surface area (Å²) in [7, 11) is 0. The second-order valence-electron chi connectivity index (χ2n) is 8.43. The molecule has 4 aromatic carbocycles. The summed E-state index contributed by atoms with van der Waals surface area (Å²) in [6.07, 6.45) is 0. The first-order valence-electron chi connectivity index (χ1n) is 11.5. The van der Waals surface area contributed by atoms with E-state index >= 15 is 0 Å². The van der Waals surface area contributed by atoms with Crippen molar-refractivity contribution in [3.63, 3.8) is 0 Å². The zero-order chi connectivity index (χ0) is 25.8. The number of benzene rings is 4. The Bertz CT molecular complexity index is 1580. The minimum absolute atomic E-state index is 0.0338. The number of hydrogen-bond donors (Lipinski definition) is 3. The van der Waals surface area contributed by atoms with Gasteiger partial charge in [0, 0.05) is 17.3 Å². The van der Waals surface area contributed by atoms with Gasteiger partial charge in [-0.05, 0) is 78.8 Å². The number of fused-ring (bicyclic) bond motifs is 1. The van der Waals surface area contributed by atoms with Crippen LogP contribution in [-0.2, 0) is 6.61 Å². The maximum Gasteiger partial charge on any atom is 0.257 e. The fraction of sp³-hybridized carbons (Fsp3) is 0.0690. The molecule has 0 radical (unpaired) electrons. The fourth-order valence-corrected chi connectivity index (χ4v) is 3.93. The number of hydrogen-bond acceptors (Lipinski definition) is 6. The number of nitrogens with one attached hydrogen (secondary N) is 2. The molecular weight excluding hydrogens is 486 g/mol. The highest BCUT2D eigenvalue weighted by Crippen LogP contribution is 2.33. The molecule has 0 aliphatic rings. The Kier molecular flexibility index (Phi) is 6.83. The van der Waals surface area contributed by atoms with Crippen molar-refractivity contribution in [3.05, 3.63) is 108 Å². The summed E-state index contributed by atoms with van der Waals surface area (Å²) in [6, 6.07) is 27.2. The number of phenols is 1. The second-order valence-corrected chi connectivity index (χ2v) is 8.84. The molecule has 0 bridgehead atoms. The molecule has 0 saturated heterocycles. The largest absolute Gasteiger partial charge is 0.507 e. The Morgan fingerprint density at radius 1 is 1.00 bits per heavy atom. The zero-order valence-corrected chi connectivity index (χ0v) is 20.7. The van der Waals surface area contributed by atoms with E-state index < -0.39 is 0 Å². The molecule has 3 N–H and O–H groups in total. The average molecular weight is 510 g/mol. The van der Waals surface area contributed by atoms with Crippen molar-refractivity contribution in [1.29, 1.82) is 0 Å². The van der Waals surface area contributed by atoms with E-state index in [-0.39, 0.29) is 16.8 Å². The van der Waals surface area contributed by atoms with Crippen LogP contribution in [0.2, 0.25) is 0 Å². The van der Waals surface area contributed by atoms with Crippen molar-refractivity contribution >= 4 is 40.0 Å². The summed E-state index contributed by atoms with van der Waals surface area (Å²) >= 11 is 5.28. The Labute approximate surface area is 218 Å². The van der Waals surface area contributed by atoms with Crippen LogP contribution < -0.4 is 15.4 Å². The molecule has 0 fully saturated rings. The van der Waals surface area contributed by atoms with E-state index in [0.717, 1.165) is 11.1 Å². The molecule has 1 amide bonds. The van der Waals surface area contributed by atoms with Crippen molar-refractivity contribution < 1.29 is 19.1 Å². The van der Waals surface area contributed by atoms with Crippen LogP contribution in [0.5, 0.6) is 11.5 Å². The van der Waals surface area contributed by atoms with Crippen LogP contribution >= 0.6 is 12.2 Å². The number of oxazole rings is 1. The molecule has 1 heterocycles.